The summed E-state index contributed by atoms with van der Waals surface area (Å²) in [4.78, 5) is 22.8. The summed E-state index contributed by atoms with van der Waals surface area (Å²) in [7, 11) is 5.38. The third-order valence-corrected chi connectivity index (χ3v) is 4.36. The average molecular weight is 356 g/mol. The molecule has 0 spiro atoms. The maximum atomic E-state index is 12.4. The summed E-state index contributed by atoms with van der Waals surface area (Å²) < 4.78 is 9.06. The Kier molecular flexibility index (Phi) is 5.52. The predicted octanol–water partition coefficient (Wildman–Crippen LogP) is 1.76. The zero-order valence-electron chi connectivity index (χ0n) is 15.3. The van der Waals surface area contributed by atoms with Crippen molar-refractivity contribution in [3.63, 3.8) is 0 Å². The Bertz CT molecular complexity index is 885. The van der Waals surface area contributed by atoms with Crippen molar-refractivity contribution in [3.05, 3.63) is 48.3 Å². The standard InChI is InChI=1S/C18H24N6O2/c1-22(12-17-21-15-6-4-5-7-16(15)23(17)2)18(25)20-11-14-10-19-13-24(14)8-9-26-3/h4-7,10,13H,8-9,11-12H2,1-3H3,(H,20,25). The van der Waals surface area contributed by atoms with Crippen LogP contribution in [-0.2, 0) is 31.4 Å². The molecule has 0 aliphatic rings. The Hall–Kier alpha value is -2.87. The number of methoxy groups -OCH3 is 1. The highest BCUT2D eigenvalue weighted by molar-refractivity contribution is 5.76. The molecule has 0 fully saturated rings. The Balaban J connectivity index is 1.59. The van der Waals surface area contributed by atoms with Crippen LogP contribution in [0.1, 0.15) is 11.5 Å². The first-order valence-corrected chi connectivity index (χ1v) is 8.47. The largest absolute Gasteiger partial charge is 0.383 e. The Morgan fingerprint density at radius 3 is 2.92 bits per heavy atom. The van der Waals surface area contributed by atoms with Crippen molar-refractivity contribution in [1.29, 1.82) is 0 Å². The van der Waals surface area contributed by atoms with Gasteiger partial charge in [0, 0.05) is 33.9 Å². The highest BCUT2D eigenvalue weighted by atomic mass is 16.5. The van der Waals surface area contributed by atoms with Crippen molar-refractivity contribution < 1.29 is 9.53 Å². The molecule has 0 aliphatic carbocycles. The smallest absolute Gasteiger partial charge is 0.317 e. The van der Waals surface area contributed by atoms with E-state index in [-0.39, 0.29) is 6.03 Å². The van der Waals surface area contributed by atoms with E-state index < -0.39 is 0 Å². The number of benzene rings is 1. The number of aromatic nitrogens is 4. The fourth-order valence-corrected chi connectivity index (χ4v) is 2.81. The number of aryl methyl sites for hydroxylation is 1. The first-order chi connectivity index (χ1) is 12.6. The van der Waals surface area contributed by atoms with E-state index in [2.05, 4.69) is 15.3 Å². The minimum absolute atomic E-state index is 0.156. The molecule has 2 amide bonds. The lowest BCUT2D eigenvalue weighted by Crippen LogP contribution is -2.37. The van der Waals surface area contributed by atoms with Gasteiger partial charge in [0.1, 0.15) is 5.82 Å². The Labute approximate surface area is 152 Å². The van der Waals surface area contributed by atoms with Crippen LogP contribution in [0.5, 0.6) is 0 Å². The zero-order valence-corrected chi connectivity index (χ0v) is 15.3. The molecule has 138 valence electrons. The molecule has 0 aliphatic heterocycles. The zero-order chi connectivity index (χ0) is 18.5. The second kappa shape index (κ2) is 8.01. The van der Waals surface area contributed by atoms with Crippen LogP contribution in [0.15, 0.2) is 36.8 Å². The van der Waals surface area contributed by atoms with Gasteiger partial charge in [-0.3, -0.25) is 0 Å². The van der Waals surface area contributed by atoms with Crippen LogP contribution in [-0.4, -0.2) is 50.8 Å². The van der Waals surface area contributed by atoms with Gasteiger partial charge >= 0.3 is 6.03 Å². The maximum Gasteiger partial charge on any atom is 0.317 e. The van der Waals surface area contributed by atoms with E-state index in [1.165, 1.54) is 0 Å². The van der Waals surface area contributed by atoms with Crippen molar-refractivity contribution in [2.45, 2.75) is 19.6 Å². The van der Waals surface area contributed by atoms with Gasteiger partial charge in [0.05, 0.1) is 42.8 Å². The van der Waals surface area contributed by atoms with Crippen molar-refractivity contribution in [3.8, 4) is 0 Å². The summed E-state index contributed by atoms with van der Waals surface area (Å²) in [5, 5.41) is 2.92. The van der Waals surface area contributed by atoms with Gasteiger partial charge in [-0.1, -0.05) is 12.1 Å². The summed E-state index contributed by atoms with van der Waals surface area (Å²) in [6, 6.07) is 7.78. The lowest BCUT2D eigenvalue weighted by Gasteiger charge is -2.18. The molecule has 0 unspecified atom stereocenters. The number of hydrogen-bond donors (Lipinski definition) is 1. The molecule has 3 aromatic rings. The minimum Gasteiger partial charge on any atom is -0.383 e. The maximum absolute atomic E-state index is 12.4. The van der Waals surface area contributed by atoms with Crippen LogP contribution < -0.4 is 5.32 Å². The number of imidazole rings is 2. The summed E-state index contributed by atoms with van der Waals surface area (Å²) >= 11 is 0. The number of ether oxygens (including phenoxy) is 1. The second-order valence-electron chi connectivity index (χ2n) is 6.16. The van der Waals surface area contributed by atoms with Crippen LogP contribution in [0.25, 0.3) is 11.0 Å². The van der Waals surface area contributed by atoms with Gasteiger partial charge < -0.3 is 24.1 Å². The summed E-state index contributed by atoms with van der Waals surface area (Å²) in [6.07, 6.45) is 3.49. The van der Waals surface area contributed by atoms with Crippen molar-refractivity contribution in [2.24, 2.45) is 7.05 Å². The van der Waals surface area contributed by atoms with Crippen LogP contribution in [0.3, 0.4) is 0 Å². The predicted molar refractivity (Wildman–Crippen MR) is 98.5 cm³/mol. The number of fused-ring (bicyclic) bond motifs is 1. The normalized spacial score (nSPS) is 11.0. The molecular weight excluding hydrogens is 332 g/mol. The molecule has 0 bridgehead atoms. The lowest BCUT2D eigenvalue weighted by molar-refractivity contribution is 0.186. The minimum atomic E-state index is -0.156. The van der Waals surface area contributed by atoms with E-state index in [0.717, 1.165) is 22.6 Å². The van der Waals surface area contributed by atoms with Crippen LogP contribution in [0.2, 0.25) is 0 Å². The molecule has 2 aromatic heterocycles. The molecule has 0 saturated heterocycles. The fraction of sp³-hybridized carbons (Fsp3) is 0.389. The van der Waals surface area contributed by atoms with Crippen LogP contribution in [0, 0.1) is 0 Å². The molecule has 3 rings (SSSR count). The topological polar surface area (TPSA) is 77.2 Å². The third-order valence-electron chi connectivity index (χ3n) is 4.36. The monoisotopic (exact) mass is 356 g/mol. The van der Waals surface area contributed by atoms with E-state index in [0.29, 0.717) is 26.2 Å². The van der Waals surface area contributed by atoms with Crippen molar-refractivity contribution >= 4 is 17.1 Å². The number of rotatable bonds is 7. The summed E-state index contributed by atoms with van der Waals surface area (Å²) in [5.41, 5.74) is 2.92. The Morgan fingerprint density at radius 2 is 2.15 bits per heavy atom. The molecule has 8 heteroatoms. The number of carbonyl (C=O) groups excluding carboxylic acids is 1. The van der Waals surface area contributed by atoms with E-state index in [1.807, 2.05) is 40.4 Å². The van der Waals surface area contributed by atoms with Crippen LogP contribution in [0.4, 0.5) is 4.79 Å². The molecule has 0 radical (unpaired) electrons. The molecule has 1 N–H and O–H groups in total. The number of nitrogens with one attached hydrogen (secondary N) is 1. The highest BCUT2D eigenvalue weighted by Gasteiger charge is 2.14. The number of hydrogen-bond acceptors (Lipinski definition) is 4. The van der Waals surface area contributed by atoms with Gasteiger partial charge in [0.2, 0.25) is 0 Å². The summed E-state index contributed by atoms with van der Waals surface area (Å²) in [5.74, 6) is 0.842. The molecule has 1 aromatic carbocycles. The first-order valence-electron chi connectivity index (χ1n) is 8.47. The van der Waals surface area contributed by atoms with Gasteiger partial charge in [-0.2, -0.15) is 0 Å². The number of carbonyl (C=O) groups is 1. The molecule has 8 nitrogen and oxygen atoms in total. The fourth-order valence-electron chi connectivity index (χ4n) is 2.81. The van der Waals surface area contributed by atoms with Gasteiger partial charge in [-0.05, 0) is 12.1 Å². The molecule has 2 heterocycles. The highest BCUT2D eigenvalue weighted by Crippen LogP contribution is 2.15. The average Bonchev–Trinajstić information content (AvgIpc) is 3.22. The van der Waals surface area contributed by atoms with Gasteiger partial charge in [0.15, 0.2) is 0 Å². The SMILES string of the molecule is COCCn1cncc1CNC(=O)N(C)Cc1nc2ccccc2n1C. The summed E-state index contributed by atoms with van der Waals surface area (Å²) in [6.45, 7) is 2.15. The second-order valence-corrected chi connectivity index (χ2v) is 6.16. The number of amides is 2. The van der Waals surface area contributed by atoms with Crippen molar-refractivity contribution in [2.75, 3.05) is 20.8 Å². The molecular formula is C18H24N6O2. The van der Waals surface area contributed by atoms with E-state index in [4.69, 9.17) is 4.74 Å². The molecule has 0 atom stereocenters. The number of urea groups is 1. The van der Waals surface area contributed by atoms with E-state index >= 15 is 0 Å². The molecule has 0 saturated carbocycles. The van der Waals surface area contributed by atoms with Gasteiger partial charge in [-0.25, -0.2) is 14.8 Å². The van der Waals surface area contributed by atoms with Crippen LogP contribution >= 0.6 is 0 Å². The lowest BCUT2D eigenvalue weighted by atomic mass is 10.3. The third kappa shape index (κ3) is 3.85. The van der Waals surface area contributed by atoms with E-state index in [1.54, 1.807) is 31.6 Å². The first kappa shape index (κ1) is 17.9. The van der Waals surface area contributed by atoms with E-state index in [9.17, 15) is 4.79 Å². The van der Waals surface area contributed by atoms with Gasteiger partial charge in [-0.15, -0.1) is 0 Å². The Morgan fingerprint density at radius 1 is 1.35 bits per heavy atom. The van der Waals surface area contributed by atoms with Gasteiger partial charge in [0.25, 0.3) is 0 Å². The van der Waals surface area contributed by atoms with Crippen molar-refractivity contribution in [1.82, 2.24) is 29.3 Å². The number of para-hydroxylation sites is 2. The molecule has 26 heavy (non-hydrogen) atoms. The quantitative estimate of drug-likeness (QED) is 0.700. The number of nitrogens with zero attached hydrogens (tertiary/aromatic N) is 5.